The number of esters is 1. The van der Waals surface area contributed by atoms with Gasteiger partial charge in [0, 0.05) is 6.04 Å². The molecule has 0 saturated heterocycles. The number of aryl methyl sites for hydroxylation is 3. The van der Waals surface area contributed by atoms with E-state index in [4.69, 9.17) is 5.73 Å². The van der Waals surface area contributed by atoms with Crippen LogP contribution in [0.3, 0.4) is 0 Å². The second kappa shape index (κ2) is 5.12. The largest absolute Gasteiger partial charge is 0.469 e. The molecule has 0 heterocycles. The van der Waals surface area contributed by atoms with Gasteiger partial charge in [0.05, 0.1) is 13.5 Å². The molecule has 0 aliphatic carbocycles. The Kier molecular flexibility index (Phi) is 4.07. The molecule has 1 aromatic rings. The SMILES string of the molecule is COC(=O)CC(N)c1c(C)cc(C)cc1C. The van der Waals surface area contributed by atoms with Crippen molar-refractivity contribution < 1.29 is 9.53 Å². The average molecular weight is 221 g/mol. The van der Waals surface area contributed by atoms with E-state index >= 15 is 0 Å². The number of hydrogen-bond acceptors (Lipinski definition) is 3. The zero-order valence-corrected chi connectivity index (χ0v) is 10.3. The predicted octanol–water partition coefficient (Wildman–Crippen LogP) is 2.17. The summed E-state index contributed by atoms with van der Waals surface area (Å²) in [6, 6.07) is 3.88. The number of nitrogens with two attached hydrogens (primary N) is 1. The van der Waals surface area contributed by atoms with E-state index in [1.807, 2.05) is 13.8 Å². The second-order valence-corrected chi connectivity index (χ2v) is 4.20. The minimum absolute atomic E-state index is 0.223. The Bertz CT molecular complexity index is 376. The summed E-state index contributed by atoms with van der Waals surface area (Å²) in [4.78, 5) is 11.2. The fraction of sp³-hybridized carbons (Fsp3) is 0.462. The minimum atomic E-state index is -0.284. The van der Waals surface area contributed by atoms with Gasteiger partial charge in [0.1, 0.15) is 0 Å². The molecular weight excluding hydrogens is 202 g/mol. The van der Waals surface area contributed by atoms with E-state index in [9.17, 15) is 4.79 Å². The van der Waals surface area contributed by atoms with E-state index in [-0.39, 0.29) is 18.4 Å². The van der Waals surface area contributed by atoms with Crippen molar-refractivity contribution >= 4 is 5.97 Å². The van der Waals surface area contributed by atoms with Gasteiger partial charge in [-0.2, -0.15) is 0 Å². The smallest absolute Gasteiger partial charge is 0.307 e. The maximum atomic E-state index is 11.2. The summed E-state index contributed by atoms with van der Waals surface area (Å²) in [7, 11) is 1.38. The Morgan fingerprint density at radius 3 is 2.25 bits per heavy atom. The van der Waals surface area contributed by atoms with Crippen LogP contribution in [-0.4, -0.2) is 13.1 Å². The molecule has 0 saturated carbocycles. The third kappa shape index (κ3) is 2.83. The van der Waals surface area contributed by atoms with E-state index in [0.29, 0.717) is 0 Å². The van der Waals surface area contributed by atoms with E-state index in [0.717, 1.165) is 16.7 Å². The van der Waals surface area contributed by atoms with Gasteiger partial charge in [-0.3, -0.25) is 4.79 Å². The summed E-state index contributed by atoms with van der Waals surface area (Å²) < 4.78 is 4.63. The molecule has 3 nitrogen and oxygen atoms in total. The van der Waals surface area contributed by atoms with Crippen LogP contribution < -0.4 is 5.73 Å². The number of rotatable bonds is 3. The highest BCUT2D eigenvalue weighted by Gasteiger charge is 2.16. The Morgan fingerprint density at radius 2 is 1.81 bits per heavy atom. The first-order chi connectivity index (χ1) is 7.45. The van der Waals surface area contributed by atoms with Crippen LogP contribution >= 0.6 is 0 Å². The molecule has 1 aromatic carbocycles. The highest BCUT2D eigenvalue weighted by Crippen LogP contribution is 2.24. The molecule has 0 aliphatic rings. The molecule has 0 radical (unpaired) electrons. The second-order valence-electron chi connectivity index (χ2n) is 4.20. The molecule has 16 heavy (non-hydrogen) atoms. The molecule has 88 valence electrons. The Balaban J connectivity index is 2.99. The molecule has 0 amide bonds. The number of carbonyl (C=O) groups is 1. The van der Waals surface area contributed by atoms with Crippen LogP contribution in [0.2, 0.25) is 0 Å². The first-order valence-corrected chi connectivity index (χ1v) is 5.36. The average Bonchev–Trinajstić information content (AvgIpc) is 2.15. The van der Waals surface area contributed by atoms with Gasteiger partial charge in [-0.05, 0) is 37.5 Å². The first-order valence-electron chi connectivity index (χ1n) is 5.36. The highest BCUT2D eigenvalue weighted by atomic mass is 16.5. The molecule has 2 N–H and O–H groups in total. The highest BCUT2D eigenvalue weighted by molar-refractivity contribution is 5.70. The minimum Gasteiger partial charge on any atom is -0.469 e. The summed E-state index contributed by atoms with van der Waals surface area (Å²) in [5, 5.41) is 0. The van der Waals surface area contributed by atoms with E-state index in [1.165, 1.54) is 12.7 Å². The number of ether oxygens (including phenoxy) is 1. The van der Waals surface area contributed by atoms with Crippen LogP contribution in [0, 0.1) is 20.8 Å². The van der Waals surface area contributed by atoms with Crippen molar-refractivity contribution in [1.82, 2.24) is 0 Å². The molecule has 0 aliphatic heterocycles. The molecule has 3 heteroatoms. The lowest BCUT2D eigenvalue weighted by atomic mass is 9.93. The van der Waals surface area contributed by atoms with Gasteiger partial charge in [-0.15, -0.1) is 0 Å². The standard InChI is InChI=1S/C13H19NO2/c1-8-5-9(2)13(10(3)6-8)11(14)7-12(15)16-4/h5-6,11H,7,14H2,1-4H3. The van der Waals surface area contributed by atoms with Crippen LogP contribution in [0.5, 0.6) is 0 Å². The predicted molar refractivity (Wildman–Crippen MR) is 64.2 cm³/mol. The number of methoxy groups -OCH3 is 1. The lowest BCUT2D eigenvalue weighted by molar-refractivity contribution is -0.141. The maximum Gasteiger partial charge on any atom is 0.307 e. The van der Waals surface area contributed by atoms with E-state index in [2.05, 4.69) is 23.8 Å². The molecular formula is C13H19NO2. The number of carbonyl (C=O) groups excluding carboxylic acids is 1. The van der Waals surface area contributed by atoms with Crippen LogP contribution in [0.15, 0.2) is 12.1 Å². The van der Waals surface area contributed by atoms with Crippen molar-refractivity contribution in [3.05, 3.63) is 34.4 Å². The Morgan fingerprint density at radius 1 is 1.31 bits per heavy atom. The van der Waals surface area contributed by atoms with Crippen molar-refractivity contribution in [1.29, 1.82) is 0 Å². The van der Waals surface area contributed by atoms with Gasteiger partial charge in [-0.25, -0.2) is 0 Å². The van der Waals surface area contributed by atoms with Gasteiger partial charge in [-0.1, -0.05) is 17.7 Å². The van der Waals surface area contributed by atoms with Gasteiger partial charge in [0.2, 0.25) is 0 Å². The zero-order chi connectivity index (χ0) is 12.3. The fourth-order valence-electron chi connectivity index (χ4n) is 2.14. The zero-order valence-electron chi connectivity index (χ0n) is 10.3. The lowest BCUT2D eigenvalue weighted by Gasteiger charge is -2.17. The summed E-state index contributed by atoms with van der Waals surface area (Å²) in [5.74, 6) is -0.271. The molecule has 1 atom stereocenters. The summed E-state index contributed by atoms with van der Waals surface area (Å²) >= 11 is 0. The van der Waals surface area contributed by atoms with Gasteiger partial charge in [0.25, 0.3) is 0 Å². The van der Waals surface area contributed by atoms with Crippen molar-refractivity contribution in [3.63, 3.8) is 0 Å². The van der Waals surface area contributed by atoms with Gasteiger partial charge < -0.3 is 10.5 Å². The number of hydrogen-bond donors (Lipinski definition) is 1. The lowest BCUT2D eigenvalue weighted by Crippen LogP contribution is -2.18. The van der Waals surface area contributed by atoms with Crippen LogP contribution in [-0.2, 0) is 9.53 Å². The molecule has 0 aromatic heterocycles. The van der Waals surface area contributed by atoms with Crippen molar-refractivity contribution in [2.24, 2.45) is 5.73 Å². The van der Waals surface area contributed by atoms with Crippen molar-refractivity contribution in [2.75, 3.05) is 7.11 Å². The van der Waals surface area contributed by atoms with E-state index in [1.54, 1.807) is 0 Å². The summed E-state index contributed by atoms with van der Waals surface area (Å²) in [6.45, 7) is 6.09. The molecule has 0 spiro atoms. The summed E-state index contributed by atoms with van der Waals surface area (Å²) in [5.41, 5.74) is 10.6. The van der Waals surface area contributed by atoms with Crippen molar-refractivity contribution in [2.45, 2.75) is 33.2 Å². The Hall–Kier alpha value is -1.35. The topological polar surface area (TPSA) is 52.3 Å². The van der Waals surface area contributed by atoms with Crippen LogP contribution in [0.4, 0.5) is 0 Å². The first kappa shape index (κ1) is 12.7. The molecule has 1 unspecified atom stereocenters. The molecule has 0 bridgehead atoms. The fourth-order valence-corrected chi connectivity index (χ4v) is 2.14. The monoisotopic (exact) mass is 221 g/mol. The normalized spacial score (nSPS) is 12.3. The third-order valence-electron chi connectivity index (χ3n) is 2.72. The van der Waals surface area contributed by atoms with Gasteiger partial charge >= 0.3 is 5.97 Å². The maximum absolute atomic E-state index is 11.2. The third-order valence-corrected chi connectivity index (χ3v) is 2.72. The van der Waals surface area contributed by atoms with Crippen LogP contribution in [0.25, 0.3) is 0 Å². The number of benzene rings is 1. The van der Waals surface area contributed by atoms with Crippen LogP contribution in [0.1, 0.15) is 34.7 Å². The van der Waals surface area contributed by atoms with Crippen molar-refractivity contribution in [3.8, 4) is 0 Å². The van der Waals surface area contributed by atoms with E-state index < -0.39 is 0 Å². The quantitative estimate of drug-likeness (QED) is 0.796. The molecule has 1 rings (SSSR count). The van der Waals surface area contributed by atoms with Gasteiger partial charge in [0.15, 0.2) is 0 Å². The molecule has 0 fully saturated rings. The summed E-state index contributed by atoms with van der Waals surface area (Å²) in [6.07, 6.45) is 0.223. The Labute approximate surface area is 96.6 Å².